The maximum absolute atomic E-state index is 12.4. The zero-order valence-corrected chi connectivity index (χ0v) is 12.1. The lowest BCUT2D eigenvalue weighted by molar-refractivity contribution is -0.384. The summed E-state index contributed by atoms with van der Waals surface area (Å²) in [5.74, 6) is -0.775. The van der Waals surface area contributed by atoms with Crippen molar-refractivity contribution in [2.24, 2.45) is 4.99 Å². The Bertz CT molecular complexity index is 966. The van der Waals surface area contributed by atoms with Gasteiger partial charge in [0.25, 0.3) is 5.69 Å². The molecule has 1 aliphatic carbocycles. The summed E-state index contributed by atoms with van der Waals surface area (Å²) in [7, 11) is 0. The number of aliphatic hydroxyl groups is 1. The predicted octanol–water partition coefficient (Wildman–Crippen LogP) is 3.36. The average molecular weight is 319 g/mol. The lowest BCUT2D eigenvalue weighted by Crippen LogP contribution is -2.08. The van der Waals surface area contributed by atoms with Crippen LogP contribution in [-0.4, -0.2) is 21.5 Å². The fourth-order valence-electron chi connectivity index (χ4n) is 2.40. The number of benzene rings is 2. The molecule has 0 radical (unpaired) electrons. The van der Waals surface area contributed by atoms with Gasteiger partial charge in [0.15, 0.2) is 11.5 Å². The van der Waals surface area contributed by atoms with Crippen molar-refractivity contribution < 1.29 is 14.8 Å². The van der Waals surface area contributed by atoms with E-state index in [2.05, 4.69) is 4.99 Å². The fourth-order valence-corrected chi connectivity index (χ4v) is 2.40. The molecule has 0 spiro atoms. The van der Waals surface area contributed by atoms with E-state index >= 15 is 0 Å². The van der Waals surface area contributed by atoms with Gasteiger partial charge in [-0.2, -0.15) is 5.26 Å². The van der Waals surface area contributed by atoms with E-state index in [0.717, 1.165) is 0 Å². The number of nitro benzene ring substituents is 1. The van der Waals surface area contributed by atoms with Gasteiger partial charge in [0.1, 0.15) is 17.4 Å². The molecule has 1 N–H and O–H groups in total. The number of hydrogen-bond acceptors (Lipinski definition) is 6. The number of aliphatic imine (C=N–C) groups is 1. The van der Waals surface area contributed by atoms with Gasteiger partial charge in [-0.15, -0.1) is 0 Å². The van der Waals surface area contributed by atoms with E-state index in [4.69, 9.17) is 0 Å². The van der Waals surface area contributed by atoms with E-state index in [9.17, 15) is 25.3 Å². The third-order valence-electron chi connectivity index (χ3n) is 3.53. The highest BCUT2D eigenvalue weighted by Gasteiger charge is 2.32. The highest BCUT2D eigenvalue weighted by molar-refractivity contribution is 6.39. The number of allylic oxidation sites excluding steroid dienone is 1. The van der Waals surface area contributed by atoms with E-state index in [1.165, 1.54) is 24.3 Å². The van der Waals surface area contributed by atoms with Crippen molar-refractivity contribution in [1.29, 1.82) is 5.26 Å². The van der Waals surface area contributed by atoms with Crippen molar-refractivity contribution >= 4 is 28.6 Å². The minimum Gasteiger partial charge on any atom is -0.506 e. The third kappa shape index (κ3) is 2.42. The summed E-state index contributed by atoms with van der Waals surface area (Å²) in [6.45, 7) is 0. The minimum absolute atomic E-state index is 0.112. The van der Waals surface area contributed by atoms with Gasteiger partial charge in [-0.3, -0.25) is 14.9 Å². The Kier molecular flexibility index (Phi) is 3.64. The molecule has 0 aromatic heterocycles. The summed E-state index contributed by atoms with van der Waals surface area (Å²) in [6, 6.07) is 13.5. The van der Waals surface area contributed by atoms with E-state index in [1.54, 1.807) is 30.3 Å². The monoisotopic (exact) mass is 319 g/mol. The van der Waals surface area contributed by atoms with Gasteiger partial charge in [0, 0.05) is 23.3 Å². The summed E-state index contributed by atoms with van der Waals surface area (Å²) in [5.41, 5.74) is 0.389. The van der Waals surface area contributed by atoms with Crippen LogP contribution >= 0.6 is 0 Å². The largest absolute Gasteiger partial charge is 0.506 e. The Balaban J connectivity index is 2.04. The molecule has 0 saturated carbocycles. The third-order valence-corrected chi connectivity index (χ3v) is 3.53. The summed E-state index contributed by atoms with van der Waals surface area (Å²) >= 11 is 0. The number of aliphatic hydroxyl groups excluding tert-OH is 1. The number of non-ortho nitro benzene ring substituents is 1. The Hall–Kier alpha value is -3.79. The van der Waals surface area contributed by atoms with Crippen LogP contribution < -0.4 is 0 Å². The van der Waals surface area contributed by atoms with Crippen LogP contribution in [0.2, 0.25) is 0 Å². The standard InChI is InChI=1S/C17H9N3O4/c18-9-14(19-10-5-7-11(8-6-10)20(23)24)15-16(21)12-3-1-2-4-13(12)17(15)22/h1-8,21H. The number of nitro groups is 1. The molecule has 3 rings (SSSR count). The van der Waals surface area contributed by atoms with E-state index in [-0.39, 0.29) is 28.4 Å². The van der Waals surface area contributed by atoms with Crippen LogP contribution in [0.1, 0.15) is 15.9 Å². The van der Waals surface area contributed by atoms with Gasteiger partial charge >= 0.3 is 0 Å². The number of carbonyl (C=O) groups is 1. The zero-order chi connectivity index (χ0) is 17.3. The Morgan fingerprint density at radius 3 is 2.29 bits per heavy atom. The van der Waals surface area contributed by atoms with Gasteiger partial charge in [-0.1, -0.05) is 24.3 Å². The molecule has 0 bridgehead atoms. The lowest BCUT2D eigenvalue weighted by Gasteiger charge is -2.00. The number of nitriles is 1. The second-order valence-electron chi connectivity index (χ2n) is 4.94. The van der Waals surface area contributed by atoms with Crippen LogP contribution in [0.3, 0.4) is 0 Å². The van der Waals surface area contributed by atoms with Crippen molar-refractivity contribution in [3.63, 3.8) is 0 Å². The van der Waals surface area contributed by atoms with Gasteiger partial charge in [0.05, 0.1) is 10.6 Å². The maximum atomic E-state index is 12.4. The quantitative estimate of drug-likeness (QED) is 0.529. The molecule has 0 unspecified atom stereocenters. The first-order valence-corrected chi connectivity index (χ1v) is 6.84. The molecular weight excluding hydrogens is 310 g/mol. The summed E-state index contributed by atoms with van der Waals surface area (Å²) in [4.78, 5) is 26.5. The van der Waals surface area contributed by atoms with Crippen molar-refractivity contribution in [1.82, 2.24) is 0 Å². The van der Waals surface area contributed by atoms with E-state index in [1.807, 2.05) is 0 Å². The topological polar surface area (TPSA) is 117 Å². The van der Waals surface area contributed by atoms with Crippen molar-refractivity contribution in [2.75, 3.05) is 0 Å². The number of rotatable bonds is 3. The molecule has 7 nitrogen and oxygen atoms in total. The number of fused-ring (bicyclic) bond motifs is 1. The zero-order valence-electron chi connectivity index (χ0n) is 12.1. The Morgan fingerprint density at radius 1 is 1.12 bits per heavy atom. The summed E-state index contributed by atoms with van der Waals surface area (Å²) in [5, 5.41) is 30.2. The van der Waals surface area contributed by atoms with Crippen LogP contribution in [0.4, 0.5) is 11.4 Å². The molecule has 2 aromatic rings. The normalized spacial score (nSPS) is 13.6. The molecule has 1 aliphatic rings. The molecule has 0 fully saturated rings. The lowest BCUT2D eigenvalue weighted by atomic mass is 10.1. The number of ketones is 1. The molecule has 2 aromatic carbocycles. The van der Waals surface area contributed by atoms with Crippen LogP contribution in [0, 0.1) is 21.4 Å². The van der Waals surface area contributed by atoms with E-state index < -0.39 is 10.7 Å². The van der Waals surface area contributed by atoms with Gasteiger partial charge < -0.3 is 5.11 Å². The SMILES string of the molecule is N#CC(=Nc1ccc([N+](=O)[O-])cc1)C1=C(O)c2ccccc2C1=O. The highest BCUT2D eigenvalue weighted by atomic mass is 16.6. The van der Waals surface area contributed by atoms with Crippen LogP contribution in [-0.2, 0) is 0 Å². The molecule has 24 heavy (non-hydrogen) atoms. The summed E-state index contributed by atoms with van der Waals surface area (Å²) < 4.78 is 0. The summed E-state index contributed by atoms with van der Waals surface area (Å²) in [6.07, 6.45) is 0. The Labute approximate surface area is 136 Å². The number of hydrogen-bond donors (Lipinski definition) is 1. The fraction of sp³-hybridized carbons (Fsp3) is 0. The highest BCUT2D eigenvalue weighted by Crippen LogP contribution is 2.32. The molecule has 7 heteroatoms. The first-order valence-electron chi connectivity index (χ1n) is 6.84. The number of carbonyl (C=O) groups excluding carboxylic acids is 1. The predicted molar refractivity (Wildman–Crippen MR) is 86.1 cm³/mol. The second kappa shape index (κ2) is 5.78. The van der Waals surface area contributed by atoms with Gasteiger partial charge in [-0.25, -0.2) is 4.99 Å². The molecular formula is C17H9N3O4. The Morgan fingerprint density at radius 2 is 1.75 bits per heavy atom. The van der Waals surface area contributed by atoms with E-state index in [0.29, 0.717) is 11.1 Å². The smallest absolute Gasteiger partial charge is 0.269 e. The first kappa shape index (κ1) is 15.1. The van der Waals surface area contributed by atoms with Crippen LogP contribution in [0.5, 0.6) is 0 Å². The van der Waals surface area contributed by atoms with Crippen molar-refractivity contribution in [3.05, 3.63) is 75.3 Å². The molecule has 116 valence electrons. The minimum atomic E-state index is -0.551. The van der Waals surface area contributed by atoms with Gasteiger partial charge in [0.2, 0.25) is 0 Å². The molecule has 0 atom stereocenters. The molecule has 0 heterocycles. The van der Waals surface area contributed by atoms with Crippen molar-refractivity contribution in [3.8, 4) is 6.07 Å². The van der Waals surface area contributed by atoms with Crippen LogP contribution in [0.25, 0.3) is 5.76 Å². The molecule has 0 aliphatic heterocycles. The molecule has 0 amide bonds. The maximum Gasteiger partial charge on any atom is 0.269 e. The van der Waals surface area contributed by atoms with Crippen molar-refractivity contribution in [2.45, 2.75) is 0 Å². The number of Topliss-reactive ketones (excluding diaryl/α,β-unsaturated/α-hetero) is 1. The van der Waals surface area contributed by atoms with Crippen LogP contribution in [0.15, 0.2) is 59.1 Å². The second-order valence-corrected chi connectivity index (χ2v) is 4.94. The first-order chi connectivity index (χ1) is 11.5. The molecule has 0 saturated heterocycles. The average Bonchev–Trinajstić information content (AvgIpc) is 2.85. The number of nitrogens with zero attached hydrogens (tertiary/aromatic N) is 3. The van der Waals surface area contributed by atoms with Gasteiger partial charge in [-0.05, 0) is 12.1 Å².